The lowest BCUT2D eigenvalue weighted by molar-refractivity contribution is 0.00508. The molecule has 0 aromatic carbocycles. The number of hydrogen-bond acceptors (Lipinski definition) is 4. The lowest BCUT2D eigenvalue weighted by Crippen LogP contribution is -2.65. The number of unbranched alkanes of at least 4 members (excludes halogenated alkanes) is 2. The van der Waals surface area contributed by atoms with Crippen LogP contribution in [0.3, 0.4) is 0 Å². The molecule has 4 heteroatoms. The number of rotatable bonds is 17. The average molecular weight is 479 g/mol. The van der Waals surface area contributed by atoms with Crippen molar-refractivity contribution in [2.24, 2.45) is 17.8 Å². The van der Waals surface area contributed by atoms with Crippen LogP contribution in [0.2, 0.25) is 0 Å². The molecule has 4 atom stereocenters. The van der Waals surface area contributed by atoms with E-state index in [1.165, 1.54) is 110 Å². The van der Waals surface area contributed by atoms with Gasteiger partial charge in [-0.1, -0.05) is 86.0 Å². The van der Waals surface area contributed by atoms with Crippen molar-refractivity contribution in [2.45, 2.75) is 130 Å². The molecule has 2 N–H and O–H groups in total. The third kappa shape index (κ3) is 10.8. The van der Waals surface area contributed by atoms with Gasteiger partial charge in [0, 0.05) is 50.8 Å². The molecule has 0 amide bonds. The molecular formula is C30H62N4. The highest BCUT2D eigenvalue weighted by Crippen LogP contribution is 2.25. The first-order valence-electron chi connectivity index (χ1n) is 15.4. The maximum absolute atomic E-state index is 4.04. The van der Waals surface area contributed by atoms with Gasteiger partial charge in [0.1, 0.15) is 0 Å². The topological polar surface area (TPSA) is 30.5 Å². The molecule has 2 fully saturated rings. The zero-order valence-corrected chi connectivity index (χ0v) is 24.1. The fraction of sp³-hybridized carbons (Fsp3) is 1.00. The Morgan fingerprint density at radius 2 is 1.38 bits per heavy atom. The minimum Gasteiger partial charge on any atom is -0.312 e. The van der Waals surface area contributed by atoms with Crippen molar-refractivity contribution in [2.75, 3.05) is 45.9 Å². The summed E-state index contributed by atoms with van der Waals surface area (Å²) in [6.45, 7) is 22.7. The zero-order chi connectivity index (χ0) is 24.8. The third-order valence-corrected chi connectivity index (χ3v) is 8.86. The van der Waals surface area contributed by atoms with Gasteiger partial charge in [0.2, 0.25) is 0 Å². The zero-order valence-electron chi connectivity index (χ0n) is 24.1. The van der Waals surface area contributed by atoms with Crippen LogP contribution in [0.5, 0.6) is 0 Å². The molecule has 0 aromatic heterocycles. The standard InChI is InChI=1S/C30H62N4/c1-7-11-16-27(9-3)21-33-23-30(6,24-34(25-33)22-28(10-4)17-12-8-2)32-20-19-31-29-18-14-13-15-26(29)5/h26-29,31-32H,7-25H2,1-6H3. The van der Waals surface area contributed by atoms with Gasteiger partial charge in [0.15, 0.2) is 0 Å². The van der Waals surface area contributed by atoms with E-state index in [0.717, 1.165) is 36.9 Å². The van der Waals surface area contributed by atoms with Crippen LogP contribution >= 0.6 is 0 Å². The van der Waals surface area contributed by atoms with E-state index in [1.54, 1.807) is 0 Å². The van der Waals surface area contributed by atoms with Crippen LogP contribution in [0.4, 0.5) is 0 Å². The van der Waals surface area contributed by atoms with Crippen molar-refractivity contribution in [1.82, 2.24) is 20.4 Å². The molecule has 202 valence electrons. The quantitative estimate of drug-likeness (QED) is 0.233. The summed E-state index contributed by atoms with van der Waals surface area (Å²) in [5.41, 5.74) is 0.185. The number of hydrogen-bond donors (Lipinski definition) is 2. The summed E-state index contributed by atoms with van der Waals surface area (Å²) in [4.78, 5) is 5.59. The second kappa shape index (κ2) is 16.6. The molecule has 1 saturated heterocycles. The molecule has 4 unspecified atom stereocenters. The van der Waals surface area contributed by atoms with Crippen LogP contribution in [0.25, 0.3) is 0 Å². The molecule has 1 saturated carbocycles. The SMILES string of the molecule is CCCCC(CC)CN1CN(CC(CC)CCCC)CC(C)(NCCNC2CCCCC2C)C1. The van der Waals surface area contributed by atoms with Gasteiger partial charge in [-0.25, -0.2) is 0 Å². The predicted molar refractivity (Wildman–Crippen MR) is 150 cm³/mol. The molecule has 1 aliphatic heterocycles. The van der Waals surface area contributed by atoms with Crippen molar-refractivity contribution in [3.05, 3.63) is 0 Å². The van der Waals surface area contributed by atoms with Gasteiger partial charge in [0.25, 0.3) is 0 Å². The lowest BCUT2D eigenvalue weighted by atomic mass is 9.86. The number of nitrogens with zero attached hydrogens (tertiary/aromatic N) is 2. The summed E-state index contributed by atoms with van der Waals surface area (Å²) in [5.74, 6) is 2.54. The Kier molecular flexibility index (Phi) is 14.6. The lowest BCUT2D eigenvalue weighted by Gasteiger charge is -2.48. The minimum absolute atomic E-state index is 0.185. The Morgan fingerprint density at radius 3 is 1.88 bits per heavy atom. The predicted octanol–water partition coefficient (Wildman–Crippen LogP) is 6.51. The van der Waals surface area contributed by atoms with Crippen LogP contribution in [0.15, 0.2) is 0 Å². The fourth-order valence-electron chi connectivity index (χ4n) is 6.58. The van der Waals surface area contributed by atoms with Crippen molar-refractivity contribution in [1.29, 1.82) is 0 Å². The van der Waals surface area contributed by atoms with Crippen LogP contribution in [-0.4, -0.2) is 67.3 Å². The van der Waals surface area contributed by atoms with E-state index in [-0.39, 0.29) is 5.54 Å². The molecule has 0 spiro atoms. The van der Waals surface area contributed by atoms with E-state index in [4.69, 9.17) is 0 Å². The van der Waals surface area contributed by atoms with Gasteiger partial charge in [-0.2, -0.15) is 0 Å². The highest BCUT2D eigenvalue weighted by Gasteiger charge is 2.35. The van der Waals surface area contributed by atoms with E-state index < -0.39 is 0 Å². The Morgan fingerprint density at radius 1 is 0.824 bits per heavy atom. The highest BCUT2D eigenvalue weighted by molar-refractivity contribution is 4.95. The summed E-state index contributed by atoms with van der Waals surface area (Å²) in [5, 5.41) is 7.93. The van der Waals surface area contributed by atoms with E-state index in [1.807, 2.05) is 0 Å². The summed E-state index contributed by atoms with van der Waals surface area (Å²) in [6.07, 6.45) is 16.4. The third-order valence-electron chi connectivity index (χ3n) is 8.86. The smallest absolute Gasteiger partial charge is 0.0507 e. The Balaban J connectivity index is 1.94. The van der Waals surface area contributed by atoms with Gasteiger partial charge < -0.3 is 10.6 Å². The van der Waals surface area contributed by atoms with Gasteiger partial charge >= 0.3 is 0 Å². The first-order valence-corrected chi connectivity index (χ1v) is 15.4. The van der Waals surface area contributed by atoms with Gasteiger partial charge in [0.05, 0.1) is 6.67 Å². The fourth-order valence-corrected chi connectivity index (χ4v) is 6.58. The van der Waals surface area contributed by atoms with Crippen LogP contribution in [-0.2, 0) is 0 Å². The maximum atomic E-state index is 4.04. The molecule has 0 aromatic rings. The van der Waals surface area contributed by atoms with Gasteiger partial charge in [-0.15, -0.1) is 0 Å². The molecule has 1 heterocycles. The second-order valence-electron chi connectivity index (χ2n) is 12.3. The van der Waals surface area contributed by atoms with Gasteiger partial charge in [-0.05, 0) is 50.4 Å². The molecule has 4 nitrogen and oxygen atoms in total. The molecule has 1 aliphatic carbocycles. The second-order valence-corrected chi connectivity index (χ2v) is 12.3. The van der Waals surface area contributed by atoms with Crippen molar-refractivity contribution in [3.8, 4) is 0 Å². The minimum atomic E-state index is 0.185. The molecule has 2 aliphatic rings. The summed E-state index contributed by atoms with van der Waals surface area (Å²) < 4.78 is 0. The monoisotopic (exact) mass is 478 g/mol. The van der Waals surface area contributed by atoms with Crippen molar-refractivity contribution < 1.29 is 0 Å². The highest BCUT2D eigenvalue weighted by atomic mass is 15.4. The van der Waals surface area contributed by atoms with Crippen LogP contribution < -0.4 is 10.6 Å². The Hall–Kier alpha value is -0.160. The first-order chi connectivity index (χ1) is 16.4. The summed E-state index contributed by atoms with van der Waals surface area (Å²) in [6, 6.07) is 0.732. The van der Waals surface area contributed by atoms with E-state index >= 15 is 0 Å². The van der Waals surface area contributed by atoms with Crippen molar-refractivity contribution in [3.63, 3.8) is 0 Å². The maximum Gasteiger partial charge on any atom is 0.0507 e. The largest absolute Gasteiger partial charge is 0.312 e. The summed E-state index contributed by atoms with van der Waals surface area (Å²) >= 11 is 0. The molecule has 0 bridgehead atoms. The van der Waals surface area contributed by atoms with E-state index in [0.29, 0.717) is 0 Å². The molecule has 2 rings (SSSR count). The van der Waals surface area contributed by atoms with Crippen molar-refractivity contribution >= 4 is 0 Å². The molecular weight excluding hydrogens is 416 g/mol. The summed E-state index contributed by atoms with van der Waals surface area (Å²) in [7, 11) is 0. The van der Waals surface area contributed by atoms with E-state index in [2.05, 4.69) is 62.0 Å². The average Bonchev–Trinajstić information content (AvgIpc) is 2.82. The normalized spacial score (nSPS) is 28.8. The van der Waals surface area contributed by atoms with Crippen LogP contribution in [0.1, 0.15) is 119 Å². The molecule has 0 radical (unpaired) electrons. The van der Waals surface area contributed by atoms with Gasteiger partial charge in [-0.3, -0.25) is 9.80 Å². The first kappa shape index (κ1) is 30.1. The van der Waals surface area contributed by atoms with E-state index in [9.17, 15) is 0 Å². The van der Waals surface area contributed by atoms with Crippen LogP contribution in [0, 0.1) is 17.8 Å². The molecule has 34 heavy (non-hydrogen) atoms. The number of nitrogens with one attached hydrogen (secondary N) is 2. The Labute approximate surface area is 214 Å². The Bertz CT molecular complexity index is 484.